The third-order valence-electron chi connectivity index (χ3n) is 3.66. The average Bonchev–Trinajstić information content (AvgIpc) is 2.89. The first kappa shape index (κ1) is 13.7. The molecule has 0 saturated heterocycles. The molecule has 0 aliphatic carbocycles. The van der Waals surface area contributed by atoms with Crippen LogP contribution in [0, 0.1) is 0 Å². The van der Waals surface area contributed by atoms with Gasteiger partial charge in [-0.3, -0.25) is 0 Å². The Morgan fingerprint density at radius 3 is 2.32 bits per heavy atom. The van der Waals surface area contributed by atoms with Gasteiger partial charge in [0.1, 0.15) is 11.0 Å². The first-order chi connectivity index (χ1) is 9.20. The van der Waals surface area contributed by atoms with Gasteiger partial charge < -0.3 is 5.73 Å². The van der Waals surface area contributed by atoms with Crippen molar-refractivity contribution in [1.82, 2.24) is 0 Å². The van der Waals surface area contributed by atoms with E-state index in [1.165, 1.54) is 11.1 Å². The van der Waals surface area contributed by atoms with E-state index in [0.717, 1.165) is 60.5 Å². The van der Waals surface area contributed by atoms with E-state index in [2.05, 4.69) is 35.9 Å². The van der Waals surface area contributed by atoms with Crippen molar-refractivity contribution in [1.29, 1.82) is 0 Å². The van der Waals surface area contributed by atoms with Gasteiger partial charge in [0.2, 0.25) is 0 Å². The van der Waals surface area contributed by atoms with E-state index in [9.17, 15) is 0 Å². The number of unbranched alkanes of at least 4 members (excludes halogenated alkanes) is 2. The fraction of sp³-hybridized carbons (Fsp3) is 0.533. The molecular weight excluding hydrogens is 236 g/mol. The predicted octanol–water partition coefficient (Wildman–Crippen LogP) is 3.00. The molecule has 1 aromatic rings. The van der Waals surface area contributed by atoms with Crippen LogP contribution >= 0.6 is 0 Å². The van der Waals surface area contributed by atoms with Gasteiger partial charge in [0.05, 0.1) is 0 Å². The number of anilines is 1. The largest absolute Gasteiger partial charge is 0.398 e. The summed E-state index contributed by atoms with van der Waals surface area (Å²) in [5.74, 6) is 0. The summed E-state index contributed by atoms with van der Waals surface area (Å²) in [7, 11) is 0. The number of fused-ring (bicyclic) bond motifs is 1. The molecule has 0 atom stereocenters. The molecule has 4 heteroatoms. The number of rotatable bonds is 6. The normalized spacial score (nSPS) is 12.5. The second-order valence-corrected chi connectivity index (χ2v) is 5.04. The Morgan fingerprint density at radius 2 is 1.68 bits per heavy atom. The minimum atomic E-state index is 0.767. The van der Waals surface area contributed by atoms with Crippen LogP contribution in [0.2, 0.25) is 0 Å². The molecule has 0 radical (unpaired) electrons. The van der Waals surface area contributed by atoms with Crippen LogP contribution in [0.1, 0.15) is 50.7 Å². The molecule has 0 saturated carbocycles. The Kier molecular flexibility index (Phi) is 4.30. The summed E-state index contributed by atoms with van der Waals surface area (Å²) < 4.78 is 0. The molecule has 0 spiro atoms. The third kappa shape index (κ3) is 2.53. The Labute approximate surface area is 114 Å². The van der Waals surface area contributed by atoms with E-state index < -0.39 is 0 Å². The van der Waals surface area contributed by atoms with Crippen LogP contribution in [0.25, 0.3) is 6.58 Å². The van der Waals surface area contributed by atoms with Crippen LogP contribution in [0.3, 0.4) is 0 Å². The highest BCUT2D eigenvalue weighted by Gasteiger charge is 2.17. The molecule has 0 bridgehead atoms. The fourth-order valence-electron chi connectivity index (χ4n) is 2.49. The lowest BCUT2D eigenvalue weighted by Crippen LogP contribution is -2.29. The number of nitrogen functional groups attached to an aromatic ring is 1. The predicted molar refractivity (Wildman–Crippen MR) is 78.9 cm³/mol. The van der Waals surface area contributed by atoms with Gasteiger partial charge in [0.25, 0.3) is 0 Å². The van der Waals surface area contributed by atoms with Gasteiger partial charge >= 0.3 is 0 Å². The van der Waals surface area contributed by atoms with E-state index in [4.69, 9.17) is 5.73 Å². The fourth-order valence-corrected chi connectivity index (χ4v) is 2.49. The molecule has 0 aromatic heterocycles. The highest BCUT2D eigenvalue weighted by Crippen LogP contribution is 2.27. The van der Waals surface area contributed by atoms with Gasteiger partial charge in [-0.2, -0.15) is 0 Å². The summed E-state index contributed by atoms with van der Waals surface area (Å²) in [6.07, 6.45) is 6.57. The van der Waals surface area contributed by atoms with E-state index in [-0.39, 0.29) is 0 Å². The zero-order valence-corrected chi connectivity index (χ0v) is 11.9. The van der Waals surface area contributed by atoms with Crippen LogP contribution in [0.5, 0.6) is 0 Å². The topological polar surface area (TPSA) is 63.1 Å². The molecule has 1 aliphatic rings. The van der Waals surface area contributed by atoms with Crippen molar-refractivity contribution in [2.24, 2.45) is 15.4 Å². The number of nitrogens with two attached hydrogens (primary N) is 1. The van der Waals surface area contributed by atoms with E-state index >= 15 is 0 Å². The van der Waals surface area contributed by atoms with Gasteiger partial charge in [-0.25, -0.2) is 0 Å². The summed E-state index contributed by atoms with van der Waals surface area (Å²) >= 11 is 0. The molecule has 0 fully saturated rings. The van der Waals surface area contributed by atoms with Crippen molar-refractivity contribution < 1.29 is 0 Å². The Morgan fingerprint density at radius 1 is 1.05 bits per heavy atom. The van der Waals surface area contributed by atoms with E-state index in [1.54, 1.807) is 0 Å². The quantitative estimate of drug-likeness (QED) is 0.783. The number of benzene rings is 1. The average molecular weight is 258 g/mol. The summed E-state index contributed by atoms with van der Waals surface area (Å²) in [5, 5.41) is 13.6. The SMILES string of the molecule is C=c1c(N)c(CCCC)c(CCCC)c2c1=NN=N2. The molecule has 1 aromatic carbocycles. The van der Waals surface area contributed by atoms with Crippen LogP contribution in [0.4, 0.5) is 11.4 Å². The van der Waals surface area contributed by atoms with Crippen molar-refractivity contribution >= 4 is 18.0 Å². The summed E-state index contributed by atoms with van der Waals surface area (Å²) in [5.41, 5.74) is 10.4. The van der Waals surface area contributed by atoms with Crippen LogP contribution in [0.15, 0.2) is 15.4 Å². The second kappa shape index (κ2) is 5.95. The minimum Gasteiger partial charge on any atom is -0.398 e. The maximum absolute atomic E-state index is 6.26. The van der Waals surface area contributed by atoms with Crippen molar-refractivity contribution in [2.45, 2.75) is 52.4 Å². The molecule has 102 valence electrons. The lowest BCUT2D eigenvalue weighted by molar-refractivity contribution is 0.758. The lowest BCUT2D eigenvalue weighted by atomic mass is 9.93. The van der Waals surface area contributed by atoms with Gasteiger partial charge in [0, 0.05) is 10.9 Å². The van der Waals surface area contributed by atoms with Gasteiger partial charge in [-0.15, -0.1) is 10.2 Å². The molecular formula is C15H22N4. The van der Waals surface area contributed by atoms with E-state index in [1.807, 2.05) is 0 Å². The van der Waals surface area contributed by atoms with Crippen molar-refractivity contribution in [3.63, 3.8) is 0 Å². The first-order valence-electron chi connectivity index (χ1n) is 7.11. The maximum Gasteiger partial charge on any atom is 0.124 e. The number of hydrogen-bond acceptors (Lipinski definition) is 4. The molecule has 4 nitrogen and oxygen atoms in total. The van der Waals surface area contributed by atoms with Crippen LogP contribution in [-0.4, -0.2) is 0 Å². The lowest BCUT2D eigenvalue weighted by Gasteiger charge is -2.14. The molecule has 2 N–H and O–H groups in total. The zero-order chi connectivity index (χ0) is 13.8. The van der Waals surface area contributed by atoms with Crippen LogP contribution in [-0.2, 0) is 12.8 Å². The Balaban J connectivity index is 2.57. The monoisotopic (exact) mass is 258 g/mol. The smallest absolute Gasteiger partial charge is 0.124 e. The summed E-state index contributed by atoms with van der Waals surface area (Å²) in [6.45, 7) is 8.42. The zero-order valence-electron chi connectivity index (χ0n) is 11.9. The molecule has 2 rings (SSSR count). The van der Waals surface area contributed by atoms with Gasteiger partial charge in [-0.05, 0) is 42.0 Å². The minimum absolute atomic E-state index is 0.767. The summed E-state index contributed by atoms with van der Waals surface area (Å²) in [4.78, 5) is 0. The number of nitrogens with zero attached hydrogens (tertiary/aromatic N) is 3. The molecule has 1 aliphatic heterocycles. The Bertz CT molecular complexity index is 602. The molecule has 19 heavy (non-hydrogen) atoms. The van der Waals surface area contributed by atoms with Crippen LogP contribution < -0.4 is 16.3 Å². The number of hydrogen-bond donors (Lipinski definition) is 1. The summed E-state index contributed by atoms with van der Waals surface area (Å²) in [6, 6.07) is 0. The maximum atomic E-state index is 6.26. The third-order valence-corrected chi connectivity index (χ3v) is 3.66. The van der Waals surface area contributed by atoms with Crippen molar-refractivity contribution in [2.75, 3.05) is 5.73 Å². The molecule has 0 amide bonds. The highest BCUT2D eigenvalue weighted by molar-refractivity contribution is 5.63. The van der Waals surface area contributed by atoms with Crippen molar-refractivity contribution in [3.8, 4) is 0 Å². The first-order valence-corrected chi connectivity index (χ1v) is 7.11. The van der Waals surface area contributed by atoms with Crippen molar-refractivity contribution in [3.05, 3.63) is 21.7 Å². The highest BCUT2D eigenvalue weighted by atomic mass is 15.4. The Hall–Kier alpha value is -1.71. The molecule has 1 heterocycles. The second-order valence-electron chi connectivity index (χ2n) is 5.04. The molecule has 0 unspecified atom stereocenters. The van der Waals surface area contributed by atoms with Gasteiger partial charge in [0.15, 0.2) is 0 Å². The van der Waals surface area contributed by atoms with Gasteiger partial charge in [-0.1, -0.05) is 33.3 Å². The standard InChI is InChI=1S/C15H22N4/c1-4-6-8-11-12(9-7-5-2)15-14(17-19-18-15)10(3)13(11)16/h3-9,16H2,1-2H3. The van der Waals surface area contributed by atoms with E-state index in [0.29, 0.717) is 0 Å².